The standard InChI is InChI=1S/C7H7BrO.C2H5N3O2/c1-5-6(8)3-2-4-7(5)9;3-1(6)5-2(4)7/h2-4,9H,1H3;(H5,3,4,5,6,7). The largest absolute Gasteiger partial charge is 0.508 e. The summed E-state index contributed by atoms with van der Waals surface area (Å²) < 4.78 is 0.947. The summed E-state index contributed by atoms with van der Waals surface area (Å²) >= 11 is 3.29. The summed E-state index contributed by atoms with van der Waals surface area (Å²) in [7, 11) is 0. The fourth-order valence-electron chi connectivity index (χ4n) is 0.718. The highest BCUT2D eigenvalue weighted by Gasteiger charge is 1.96. The first-order valence-electron chi connectivity index (χ1n) is 4.14. The molecule has 7 heteroatoms. The second-order valence-corrected chi connectivity index (χ2v) is 3.59. The van der Waals surface area contributed by atoms with Gasteiger partial charge in [-0.05, 0) is 19.1 Å². The molecule has 0 saturated carbocycles. The highest BCUT2D eigenvalue weighted by Crippen LogP contribution is 2.23. The number of rotatable bonds is 0. The van der Waals surface area contributed by atoms with E-state index < -0.39 is 12.1 Å². The minimum atomic E-state index is -0.938. The number of hydrogen-bond acceptors (Lipinski definition) is 3. The lowest BCUT2D eigenvalue weighted by Crippen LogP contribution is -2.38. The Bertz CT molecular complexity index is 363. The van der Waals surface area contributed by atoms with Gasteiger partial charge in [-0.25, -0.2) is 9.59 Å². The van der Waals surface area contributed by atoms with Crippen LogP contribution in [0.5, 0.6) is 5.75 Å². The molecule has 0 spiro atoms. The molecule has 6 nitrogen and oxygen atoms in total. The van der Waals surface area contributed by atoms with E-state index in [1.807, 2.05) is 13.0 Å². The van der Waals surface area contributed by atoms with E-state index in [0.717, 1.165) is 10.0 Å². The quantitative estimate of drug-likeness (QED) is 0.574. The van der Waals surface area contributed by atoms with Crippen LogP contribution in [0.25, 0.3) is 0 Å². The second kappa shape index (κ2) is 6.67. The van der Waals surface area contributed by atoms with Crippen molar-refractivity contribution in [3.05, 3.63) is 28.2 Å². The molecule has 0 bridgehead atoms. The number of urea groups is 2. The maximum absolute atomic E-state index is 9.62. The molecule has 0 unspecified atom stereocenters. The molecular weight excluding hydrogens is 278 g/mol. The van der Waals surface area contributed by atoms with Crippen molar-refractivity contribution in [3.8, 4) is 5.75 Å². The third-order valence-electron chi connectivity index (χ3n) is 1.49. The summed E-state index contributed by atoms with van der Waals surface area (Å²) in [5.41, 5.74) is 9.77. The van der Waals surface area contributed by atoms with E-state index in [1.165, 1.54) is 0 Å². The molecule has 0 aliphatic heterocycles. The summed E-state index contributed by atoms with van der Waals surface area (Å²) in [6.45, 7) is 1.86. The van der Waals surface area contributed by atoms with Gasteiger partial charge in [0.05, 0.1) is 0 Å². The molecule has 1 aromatic rings. The van der Waals surface area contributed by atoms with Crippen LogP contribution in [-0.4, -0.2) is 17.2 Å². The molecule has 1 aromatic carbocycles. The van der Waals surface area contributed by atoms with Crippen molar-refractivity contribution in [3.63, 3.8) is 0 Å². The predicted molar refractivity (Wildman–Crippen MR) is 62.8 cm³/mol. The van der Waals surface area contributed by atoms with Crippen LogP contribution in [0.1, 0.15) is 5.56 Å². The van der Waals surface area contributed by atoms with Crippen molar-refractivity contribution < 1.29 is 14.7 Å². The molecule has 0 aromatic heterocycles. The van der Waals surface area contributed by atoms with Gasteiger partial charge in [0.25, 0.3) is 0 Å². The van der Waals surface area contributed by atoms with Gasteiger partial charge in [0, 0.05) is 10.0 Å². The topological polar surface area (TPSA) is 118 Å². The van der Waals surface area contributed by atoms with Crippen molar-refractivity contribution in [2.24, 2.45) is 11.5 Å². The Balaban J connectivity index is 0.000000293. The lowest BCUT2D eigenvalue weighted by atomic mass is 10.2. The summed E-state index contributed by atoms with van der Waals surface area (Å²) in [5.74, 6) is 0.337. The molecule has 6 N–H and O–H groups in total. The van der Waals surface area contributed by atoms with Gasteiger partial charge in [0.15, 0.2) is 0 Å². The average Bonchev–Trinajstić information content (AvgIpc) is 2.12. The Hall–Kier alpha value is -1.76. The van der Waals surface area contributed by atoms with Crippen LogP contribution in [0.4, 0.5) is 9.59 Å². The summed E-state index contributed by atoms with van der Waals surface area (Å²) in [6.07, 6.45) is 0. The number of imide groups is 1. The van der Waals surface area contributed by atoms with Crippen LogP contribution < -0.4 is 16.8 Å². The highest BCUT2D eigenvalue weighted by molar-refractivity contribution is 9.10. The van der Waals surface area contributed by atoms with E-state index in [9.17, 15) is 9.59 Å². The number of amides is 4. The maximum Gasteiger partial charge on any atom is 0.320 e. The summed E-state index contributed by atoms with van der Waals surface area (Å²) in [6, 6.07) is 3.49. The predicted octanol–water partition coefficient (Wildman–Crippen LogP) is 1.20. The molecule has 16 heavy (non-hydrogen) atoms. The van der Waals surface area contributed by atoms with Gasteiger partial charge < -0.3 is 16.6 Å². The van der Waals surface area contributed by atoms with E-state index in [4.69, 9.17) is 5.11 Å². The highest BCUT2D eigenvalue weighted by atomic mass is 79.9. The van der Waals surface area contributed by atoms with E-state index in [0.29, 0.717) is 5.75 Å². The van der Waals surface area contributed by atoms with Gasteiger partial charge in [0.1, 0.15) is 5.75 Å². The Morgan fingerprint density at radius 2 is 1.81 bits per heavy atom. The number of aromatic hydroxyl groups is 1. The van der Waals surface area contributed by atoms with E-state index >= 15 is 0 Å². The second-order valence-electron chi connectivity index (χ2n) is 2.74. The van der Waals surface area contributed by atoms with Crippen molar-refractivity contribution >= 4 is 28.0 Å². The molecule has 0 heterocycles. The molecule has 88 valence electrons. The third kappa shape index (κ3) is 5.86. The number of nitrogens with two attached hydrogens (primary N) is 2. The van der Waals surface area contributed by atoms with Crippen LogP contribution >= 0.6 is 15.9 Å². The molecule has 1 rings (SSSR count). The number of benzene rings is 1. The van der Waals surface area contributed by atoms with Crippen LogP contribution in [0.3, 0.4) is 0 Å². The minimum Gasteiger partial charge on any atom is -0.508 e. The molecule has 0 fully saturated rings. The number of carbonyl (C=O) groups excluding carboxylic acids is 2. The van der Waals surface area contributed by atoms with Crippen molar-refractivity contribution in [2.75, 3.05) is 0 Å². The van der Waals surface area contributed by atoms with Gasteiger partial charge in [-0.15, -0.1) is 0 Å². The Morgan fingerprint density at radius 3 is 2.06 bits per heavy atom. The van der Waals surface area contributed by atoms with Crippen LogP contribution in [0, 0.1) is 6.92 Å². The number of nitrogens with one attached hydrogen (secondary N) is 1. The zero-order valence-corrected chi connectivity index (χ0v) is 10.1. The number of phenolic OH excluding ortho intramolecular Hbond substituents is 1. The zero-order valence-electron chi connectivity index (χ0n) is 8.53. The fourth-order valence-corrected chi connectivity index (χ4v) is 1.07. The third-order valence-corrected chi connectivity index (χ3v) is 2.34. The molecule has 0 aliphatic carbocycles. The van der Waals surface area contributed by atoms with Gasteiger partial charge in [-0.3, -0.25) is 5.32 Å². The monoisotopic (exact) mass is 289 g/mol. The van der Waals surface area contributed by atoms with E-state index in [1.54, 1.807) is 17.4 Å². The van der Waals surface area contributed by atoms with Crippen molar-refractivity contribution in [1.29, 1.82) is 0 Å². The molecule has 0 atom stereocenters. The zero-order chi connectivity index (χ0) is 12.7. The van der Waals surface area contributed by atoms with Gasteiger partial charge in [-0.1, -0.05) is 22.0 Å². The first-order chi connectivity index (χ1) is 7.34. The van der Waals surface area contributed by atoms with Crippen molar-refractivity contribution in [2.45, 2.75) is 6.92 Å². The fraction of sp³-hybridized carbons (Fsp3) is 0.111. The molecule has 4 amide bonds. The SMILES string of the molecule is Cc1c(O)cccc1Br.NC(=O)NC(N)=O. The van der Waals surface area contributed by atoms with Gasteiger partial charge in [0.2, 0.25) is 0 Å². The molecule has 0 radical (unpaired) electrons. The normalized spacial score (nSPS) is 8.62. The van der Waals surface area contributed by atoms with Crippen LogP contribution in [-0.2, 0) is 0 Å². The van der Waals surface area contributed by atoms with Crippen LogP contribution in [0.2, 0.25) is 0 Å². The first kappa shape index (κ1) is 14.2. The number of phenols is 1. The van der Waals surface area contributed by atoms with E-state index in [-0.39, 0.29) is 0 Å². The average molecular weight is 290 g/mol. The first-order valence-corrected chi connectivity index (χ1v) is 4.94. The Kier molecular flexibility index (Phi) is 5.94. The van der Waals surface area contributed by atoms with E-state index in [2.05, 4.69) is 27.4 Å². The number of carbonyl (C=O) groups is 2. The number of hydrogen-bond donors (Lipinski definition) is 4. The van der Waals surface area contributed by atoms with Gasteiger partial charge >= 0.3 is 12.1 Å². The lowest BCUT2D eigenvalue weighted by Gasteiger charge is -1.97. The number of primary amides is 2. The van der Waals surface area contributed by atoms with Crippen molar-refractivity contribution in [1.82, 2.24) is 5.32 Å². The molecular formula is C9H12BrN3O3. The molecule has 0 saturated heterocycles. The Morgan fingerprint density at radius 1 is 1.31 bits per heavy atom. The van der Waals surface area contributed by atoms with Gasteiger partial charge in [-0.2, -0.15) is 0 Å². The molecule has 0 aliphatic rings. The lowest BCUT2D eigenvalue weighted by molar-refractivity contribution is 0.236. The van der Waals surface area contributed by atoms with Crippen LogP contribution in [0.15, 0.2) is 22.7 Å². The maximum atomic E-state index is 9.62. The summed E-state index contributed by atoms with van der Waals surface area (Å²) in [5, 5.41) is 10.7. The minimum absolute atomic E-state index is 0.337. The summed E-state index contributed by atoms with van der Waals surface area (Å²) in [4.78, 5) is 19.2. The smallest absolute Gasteiger partial charge is 0.320 e. The number of halogens is 1. The Labute approximate surface area is 101 Å².